The number of rotatable bonds is 6. The van der Waals surface area contributed by atoms with Crippen LogP contribution in [0.25, 0.3) is 82.1 Å². The molecule has 0 fully saturated rings. The maximum Gasteiger partial charge on any atom is 0.135 e. The van der Waals surface area contributed by atoms with Crippen LogP contribution >= 0.6 is 0 Å². The number of ether oxygens (including phenoxy) is 1. The van der Waals surface area contributed by atoms with Crippen molar-refractivity contribution in [3.63, 3.8) is 0 Å². The van der Waals surface area contributed by atoms with E-state index in [1.807, 2.05) is 181 Å². The van der Waals surface area contributed by atoms with Crippen LogP contribution in [0, 0.1) is 24.2 Å². The van der Waals surface area contributed by atoms with Crippen LogP contribution in [0.2, 0.25) is 0 Å². The number of benzene rings is 8. The predicted octanol–water partition coefficient (Wildman–Crippen LogP) is 19.4. The monoisotopic (exact) mass is 1200 g/mol. The first kappa shape index (κ1) is 40.0. The van der Waals surface area contributed by atoms with E-state index in [2.05, 4.69) is 72.4 Å². The van der Waals surface area contributed by atoms with Gasteiger partial charge in [-0.25, -0.2) is 4.98 Å². The summed E-state index contributed by atoms with van der Waals surface area (Å²) in [6, 6.07) is 59.6. The van der Waals surface area contributed by atoms with Gasteiger partial charge in [0.05, 0.1) is 0 Å². The molecule has 0 N–H and O–H groups in total. The van der Waals surface area contributed by atoms with Crippen molar-refractivity contribution in [3.05, 3.63) is 211 Å². The Bertz CT molecular complexity index is 4630. The first-order valence-electron chi connectivity index (χ1n) is 31.4. The summed E-state index contributed by atoms with van der Waals surface area (Å²) in [5.74, 6) is 1.60. The summed E-state index contributed by atoms with van der Waals surface area (Å²) in [6.07, 6.45) is -0.0922. The third-order valence-corrected chi connectivity index (χ3v) is 14.6. The van der Waals surface area contributed by atoms with Crippen molar-refractivity contribution >= 4 is 76.5 Å². The molecule has 0 saturated heterocycles. The second-order valence-corrected chi connectivity index (χ2v) is 23.3. The molecular weight excluding hydrogens is 1120 g/mol. The van der Waals surface area contributed by atoms with E-state index in [9.17, 15) is 2.74 Å². The molecule has 0 saturated carbocycles. The zero-order valence-corrected chi connectivity index (χ0v) is 47.0. The van der Waals surface area contributed by atoms with Crippen LogP contribution in [0.1, 0.15) is 120 Å². The van der Waals surface area contributed by atoms with Gasteiger partial charge in [0.15, 0.2) is 0 Å². The number of para-hydroxylation sites is 2. The van der Waals surface area contributed by atoms with E-state index in [-0.39, 0.29) is 32.0 Å². The third kappa shape index (κ3) is 9.35. The molecule has 0 amide bonds. The van der Waals surface area contributed by atoms with E-state index in [0.717, 1.165) is 60.1 Å². The molecule has 0 radical (unpaired) electrons. The number of anilines is 2. The van der Waals surface area contributed by atoms with Crippen LogP contribution in [0.3, 0.4) is 0 Å². The average molecular weight is 1200 g/mol. The molecule has 8 aromatic carbocycles. The van der Waals surface area contributed by atoms with E-state index in [0.29, 0.717) is 61.5 Å². The first-order chi connectivity index (χ1) is 40.7. The molecule has 3 aromatic heterocycles. The molecule has 6 heteroatoms. The van der Waals surface area contributed by atoms with Crippen molar-refractivity contribution in [2.45, 2.75) is 105 Å². The summed E-state index contributed by atoms with van der Waals surface area (Å²) in [5, 5.41) is 6.71. The van der Waals surface area contributed by atoms with Crippen molar-refractivity contribution in [2.24, 2.45) is 5.41 Å². The standard InChI is InChI=1S/C71H67N4O.Pt/c1-68(2,3)43-45-31-34-62-67-65(45)59-27-16-15-24-55(59)54-23-13-14-25-56(54)60-29-20-28-53(46-37-48(70(7,8)9)39-49(38-46)71(10,11)12)66(60)74(67)44-73(62)50-21-19-22-51(41-50)76-52-32-33-58-57-26-17-18-30-61(57)75(63(58)42-52)64-40-47(35-36-72-64)69(4,5)6;/h13-40,44H,43H2,1-12H3;/q-3;/i7D3,8D3,9D3,43D2;. The molecule has 1 aliphatic heterocycles. The number of pyridine rings is 1. The van der Waals surface area contributed by atoms with Gasteiger partial charge in [-0.15, -0.1) is 35.7 Å². The van der Waals surface area contributed by atoms with Crippen LogP contribution in [0.15, 0.2) is 170 Å². The molecule has 12 rings (SSSR count). The van der Waals surface area contributed by atoms with Gasteiger partial charge in [0.1, 0.15) is 5.82 Å². The van der Waals surface area contributed by atoms with Crippen LogP contribution in [-0.4, -0.2) is 14.1 Å². The first-order valence-corrected chi connectivity index (χ1v) is 25.9. The largest absolute Gasteiger partial charge is 0.509 e. The molecule has 390 valence electrons. The molecule has 4 heterocycles. The van der Waals surface area contributed by atoms with Gasteiger partial charge in [-0.05, 0) is 141 Å². The number of nitrogens with zero attached hydrogens (tertiary/aromatic N) is 4. The van der Waals surface area contributed by atoms with E-state index in [4.69, 9.17) is 22.1 Å². The van der Waals surface area contributed by atoms with Crippen LogP contribution < -0.4 is 9.64 Å². The second kappa shape index (κ2) is 19.0. The van der Waals surface area contributed by atoms with Gasteiger partial charge in [-0.2, -0.15) is 12.1 Å². The minimum absolute atomic E-state index is 0. The quantitative estimate of drug-likeness (QED) is 0.156. The van der Waals surface area contributed by atoms with Crippen molar-refractivity contribution in [1.82, 2.24) is 14.1 Å². The molecule has 0 aliphatic carbocycles. The topological polar surface area (TPSA) is 35.2 Å². The maximum atomic E-state index is 10.1. The molecule has 77 heavy (non-hydrogen) atoms. The number of aromatic nitrogens is 3. The smallest absolute Gasteiger partial charge is 0.135 e. The Morgan fingerprint density at radius 2 is 1.18 bits per heavy atom. The van der Waals surface area contributed by atoms with Gasteiger partial charge in [0.2, 0.25) is 0 Å². The molecule has 0 spiro atoms. The van der Waals surface area contributed by atoms with E-state index >= 15 is 0 Å². The minimum atomic E-state index is -3.53. The van der Waals surface area contributed by atoms with Gasteiger partial charge >= 0.3 is 0 Å². The van der Waals surface area contributed by atoms with E-state index in [1.54, 1.807) is 0 Å². The van der Waals surface area contributed by atoms with Crippen molar-refractivity contribution in [1.29, 1.82) is 0 Å². The van der Waals surface area contributed by atoms with Gasteiger partial charge < -0.3 is 18.8 Å². The number of hydrogen-bond acceptors (Lipinski definition) is 3. The Morgan fingerprint density at radius 3 is 1.88 bits per heavy atom. The fourth-order valence-corrected chi connectivity index (χ4v) is 10.9. The Kier molecular flexibility index (Phi) is 9.86. The summed E-state index contributed by atoms with van der Waals surface area (Å²) in [7, 11) is 0. The fraction of sp³-hybridized carbons (Fsp3) is 0.239. The van der Waals surface area contributed by atoms with Crippen LogP contribution in [0.4, 0.5) is 11.4 Å². The molecule has 0 unspecified atom stereocenters. The van der Waals surface area contributed by atoms with Crippen molar-refractivity contribution < 1.29 is 40.9 Å². The van der Waals surface area contributed by atoms with E-state index < -0.39 is 43.2 Å². The molecule has 1 aliphatic rings. The van der Waals surface area contributed by atoms with Gasteiger partial charge in [-0.3, -0.25) is 0 Å². The average Bonchev–Trinajstić information content (AvgIpc) is 1.04. The summed E-state index contributed by atoms with van der Waals surface area (Å²) < 4.78 is 111. The van der Waals surface area contributed by atoms with Gasteiger partial charge in [0, 0.05) is 65.0 Å². The van der Waals surface area contributed by atoms with E-state index in [1.165, 1.54) is 12.1 Å². The zero-order valence-electron chi connectivity index (χ0n) is 55.8. The van der Waals surface area contributed by atoms with Crippen molar-refractivity contribution in [3.8, 4) is 28.4 Å². The maximum absolute atomic E-state index is 10.1. The Hall–Kier alpha value is -7.33. The minimum Gasteiger partial charge on any atom is -0.509 e. The molecule has 5 nitrogen and oxygen atoms in total. The molecule has 0 bridgehead atoms. The van der Waals surface area contributed by atoms with Crippen LogP contribution in [-0.2, 0) is 43.7 Å². The Labute approximate surface area is 484 Å². The zero-order chi connectivity index (χ0) is 62.3. The van der Waals surface area contributed by atoms with Gasteiger partial charge in [0.25, 0.3) is 0 Å². The molecule has 11 aromatic rings. The Balaban J connectivity index is 0.00000800. The normalized spacial score (nSPS) is 15.8. The number of fused-ring (bicyclic) bond motifs is 10. The summed E-state index contributed by atoms with van der Waals surface area (Å²) in [5.41, 5.74) is 1.81. The van der Waals surface area contributed by atoms with Crippen molar-refractivity contribution in [2.75, 3.05) is 4.90 Å². The second-order valence-electron chi connectivity index (χ2n) is 23.3. The molecule has 0 atom stereocenters. The Morgan fingerprint density at radius 1 is 0.558 bits per heavy atom. The molecular formula is C71H67N4OPt-3. The predicted molar refractivity (Wildman–Crippen MR) is 321 cm³/mol. The summed E-state index contributed by atoms with van der Waals surface area (Å²) in [4.78, 5) is 6.87. The summed E-state index contributed by atoms with van der Waals surface area (Å²) in [6.45, 7) is 9.32. The fourth-order valence-electron chi connectivity index (χ4n) is 10.9. The number of hydrogen-bond donors (Lipinski definition) is 0. The van der Waals surface area contributed by atoms with Gasteiger partial charge in [-0.1, -0.05) is 203 Å². The summed E-state index contributed by atoms with van der Waals surface area (Å²) >= 11 is 0. The van der Waals surface area contributed by atoms with Crippen LogP contribution in [0.5, 0.6) is 11.5 Å². The SMILES string of the molecule is [2H]C([2H])([2H])C(c1cc(-c2cccc3c4ccccc4c4ccccc4c4c(C([2H])([2H])C(C)(C)C)ccc5c4n(c23)[CH-]N5c2[c-]c(Oc3[c-]c4c(cc3)c3ccccc3n4-c3cc(C(C)(C)C)ccn3)ccc2)cc(C(C)(C)C)c1)(C([2H])([2H])[2H])C([2H])([2H])[2H].[Pt]. The third-order valence-electron chi connectivity index (χ3n) is 14.6.